The van der Waals surface area contributed by atoms with Gasteiger partial charge in [0.05, 0.1) is 16.7 Å². The van der Waals surface area contributed by atoms with Gasteiger partial charge in [0, 0.05) is 23.3 Å². The molecule has 0 radical (unpaired) electrons. The highest BCUT2D eigenvalue weighted by atomic mass is 79.9. The van der Waals surface area contributed by atoms with Crippen molar-refractivity contribution in [3.63, 3.8) is 0 Å². The second kappa shape index (κ2) is 6.89. The zero-order valence-corrected chi connectivity index (χ0v) is 16.8. The summed E-state index contributed by atoms with van der Waals surface area (Å²) in [5.74, 6) is 1.12. The van der Waals surface area contributed by atoms with Crippen molar-refractivity contribution in [2.45, 2.75) is 12.2 Å². The third kappa shape index (κ3) is 3.05. The summed E-state index contributed by atoms with van der Waals surface area (Å²) in [6.45, 7) is 2.10. The predicted octanol–water partition coefficient (Wildman–Crippen LogP) is 4.33. The number of nitrogens with one attached hydrogen (secondary N) is 1. The Morgan fingerprint density at radius 3 is 2.92 bits per heavy atom. The molecule has 132 valence electrons. The monoisotopic (exact) mass is 428 g/mol. The predicted molar refractivity (Wildman–Crippen MR) is 108 cm³/mol. The van der Waals surface area contributed by atoms with Crippen LogP contribution in [-0.2, 0) is 11.8 Å². The Kier molecular flexibility index (Phi) is 4.58. The van der Waals surface area contributed by atoms with Crippen LogP contribution in [0.25, 0.3) is 11.4 Å². The Labute approximate surface area is 164 Å². The molecule has 5 nitrogen and oxygen atoms in total. The van der Waals surface area contributed by atoms with E-state index in [2.05, 4.69) is 50.4 Å². The van der Waals surface area contributed by atoms with Crippen molar-refractivity contribution in [3.05, 3.63) is 63.8 Å². The van der Waals surface area contributed by atoms with E-state index in [1.807, 2.05) is 31.3 Å². The lowest BCUT2D eigenvalue weighted by atomic mass is 9.98. The van der Waals surface area contributed by atoms with Crippen LogP contribution < -0.4 is 5.32 Å². The minimum atomic E-state index is -0.0121. The van der Waals surface area contributed by atoms with Crippen molar-refractivity contribution in [2.75, 3.05) is 11.1 Å². The second-order valence-corrected chi connectivity index (χ2v) is 8.20. The molecular weight excluding hydrogens is 412 g/mol. The Hall–Kier alpha value is -2.12. The summed E-state index contributed by atoms with van der Waals surface area (Å²) in [7, 11) is 1.85. The zero-order valence-electron chi connectivity index (χ0n) is 14.4. The van der Waals surface area contributed by atoms with E-state index < -0.39 is 0 Å². The zero-order chi connectivity index (χ0) is 18.3. The fourth-order valence-corrected chi connectivity index (χ4v) is 4.77. The van der Waals surface area contributed by atoms with Gasteiger partial charge in [-0.05, 0) is 42.3 Å². The van der Waals surface area contributed by atoms with E-state index in [0.29, 0.717) is 5.75 Å². The van der Waals surface area contributed by atoms with Crippen molar-refractivity contribution in [1.82, 2.24) is 14.8 Å². The molecule has 0 bridgehead atoms. The number of anilines is 1. The smallest absolute Gasteiger partial charge is 0.235 e. The first-order valence-corrected chi connectivity index (χ1v) is 10.0. The number of fused-ring (bicyclic) bond motifs is 1. The second-order valence-electron chi connectivity index (χ2n) is 6.19. The average molecular weight is 429 g/mol. The maximum Gasteiger partial charge on any atom is 0.235 e. The molecule has 0 saturated carbocycles. The lowest BCUT2D eigenvalue weighted by Gasteiger charge is -2.18. The van der Waals surface area contributed by atoms with Gasteiger partial charge in [-0.15, -0.1) is 11.8 Å². The van der Waals surface area contributed by atoms with Crippen LogP contribution in [0.1, 0.15) is 21.9 Å². The summed E-state index contributed by atoms with van der Waals surface area (Å²) in [4.78, 5) is 16.8. The van der Waals surface area contributed by atoms with Crippen molar-refractivity contribution in [3.8, 4) is 11.4 Å². The first-order valence-electron chi connectivity index (χ1n) is 8.20. The molecule has 1 aromatic carbocycles. The molecule has 1 atom stereocenters. The highest BCUT2D eigenvalue weighted by molar-refractivity contribution is 9.10. The van der Waals surface area contributed by atoms with Gasteiger partial charge in [-0.3, -0.25) is 14.5 Å². The molecule has 1 amide bonds. The van der Waals surface area contributed by atoms with E-state index in [9.17, 15) is 4.79 Å². The van der Waals surface area contributed by atoms with Gasteiger partial charge in [0.15, 0.2) is 0 Å². The number of carbonyl (C=O) groups excluding carboxylic acids is 1. The first-order chi connectivity index (χ1) is 12.5. The summed E-state index contributed by atoms with van der Waals surface area (Å²) in [5, 5.41) is 7.69. The number of carbonyl (C=O) groups is 1. The summed E-state index contributed by atoms with van der Waals surface area (Å²) in [5.41, 5.74) is 4.97. The fourth-order valence-electron chi connectivity index (χ4n) is 3.18. The maximum absolute atomic E-state index is 12.3. The molecule has 4 rings (SSSR count). The highest BCUT2D eigenvalue weighted by Crippen LogP contribution is 2.46. The van der Waals surface area contributed by atoms with Gasteiger partial charge in [0.2, 0.25) is 5.91 Å². The average Bonchev–Trinajstić information content (AvgIpc) is 2.84. The molecule has 1 aliphatic rings. The molecule has 3 aromatic rings. The molecule has 0 spiro atoms. The molecule has 0 saturated heterocycles. The van der Waals surface area contributed by atoms with Crippen LogP contribution in [0.5, 0.6) is 0 Å². The first kappa shape index (κ1) is 17.3. The van der Waals surface area contributed by atoms with Gasteiger partial charge in [0.1, 0.15) is 11.5 Å². The van der Waals surface area contributed by atoms with Crippen LogP contribution in [0.3, 0.4) is 0 Å². The molecular formula is C19H17BrN4OS. The van der Waals surface area contributed by atoms with E-state index >= 15 is 0 Å². The molecule has 1 aliphatic heterocycles. The van der Waals surface area contributed by atoms with Gasteiger partial charge >= 0.3 is 0 Å². The number of hydrogen-bond acceptors (Lipinski definition) is 4. The minimum absolute atomic E-state index is 0.00726. The van der Waals surface area contributed by atoms with Crippen LogP contribution in [0.4, 0.5) is 5.82 Å². The number of benzene rings is 1. The van der Waals surface area contributed by atoms with Gasteiger partial charge in [0.25, 0.3) is 0 Å². The van der Waals surface area contributed by atoms with Crippen LogP contribution in [0.2, 0.25) is 0 Å². The number of hydrogen-bond donors (Lipinski definition) is 1. The maximum atomic E-state index is 12.3. The third-order valence-corrected chi connectivity index (χ3v) is 6.16. The van der Waals surface area contributed by atoms with Crippen molar-refractivity contribution >= 4 is 39.4 Å². The highest BCUT2D eigenvalue weighted by Gasteiger charge is 2.32. The lowest BCUT2D eigenvalue weighted by Crippen LogP contribution is -2.15. The number of nitrogens with zero attached hydrogens (tertiary/aromatic N) is 3. The topological polar surface area (TPSA) is 59.8 Å². The van der Waals surface area contributed by atoms with E-state index in [1.54, 1.807) is 22.6 Å². The fraction of sp³-hybridized carbons (Fsp3) is 0.211. The Morgan fingerprint density at radius 1 is 1.31 bits per heavy atom. The number of rotatable bonds is 2. The standard InChI is InChI=1S/C19H17BrN4OS/c1-11-6-7-12(20)9-13(11)18-16-17(14-5-3-4-8-21-14)23-24(2)19(16)22-15(25)10-26-18/h3-9,18H,10H2,1-2H3,(H,22,25). The lowest BCUT2D eigenvalue weighted by molar-refractivity contribution is -0.113. The molecule has 0 aliphatic carbocycles. The molecule has 1 unspecified atom stereocenters. The Balaban J connectivity index is 1.97. The molecule has 26 heavy (non-hydrogen) atoms. The summed E-state index contributed by atoms with van der Waals surface area (Å²) in [6.07, 6.45) is 1.76. The molecule has 0 fully saturated rings. The summed E-state index contributed by atoms with van der Waals surface area (Å²) in [6, 6.07) is 12.0. The van der Waals surface area contributed by atoms with Crippen molar-refractivity contribution in [1.29, 1.82) is 0 Å². The Morgan fingerprint density at radius 2 is 2.15 bits per heavy atom. The number of aromatic nitrogens is 3. The summed E-state index contributed by atoms with van der Waals surface area (Å²) < 4.78 is 2.76. The number of halogens is 1. The molecule has 7 heteroatoms. The van der Waals surface area contributed by atoms with Crippen molar-refractivity contribution < 1.29 is 4.79 Å². The van der Waals surface area contributed by atoms with Crippen LogP contribution >= 0.6 is 27.7 Å². The van der Waals surface area contributed by atoms with Gasteiger partial charge in [-0.1, -0.05) is 28.1 Å². The van der Waals surface area contributed by atoms with E-state index in [1.165, 1.54) is 11.1 Å². The normalized spacial score (nSPS) is 16.7. The third-order valence-electron chi connectivity index (χ3n) is 4.42. The minimum Gasteiger partial charge on any atom is -0.310 e. The van der Waals surface area contributed by atoms with E-state index in [-0.39, 0.29) is 11.2 Å². The van der Waals surface area contributed by atoms with Gasteiger partial charge < -0.3 is 5.32 Å². The SMILES string of the molecule is Cc1ccc(Br)cc1C1SCC(=O)Nc2c1c(-c1ccccn1)nn2C. The largest absolute Gasteiger partial charge is 0.310 e. The van der Waals surface area contributed by atoms with Crippen LogP contribution in [-0.4, -0.2) is 26.4 Å². The Bertz CT molecular complexity index is 987. The van der Waals surface area contributed by atoms with Crippen molar-refractivity contribution in [2.24, 2.45) is 7.05 Å². The number of pyridine rings is 1. The quantitative estimate of drug-likeness (QED) is 0.659. The van der Waals surface area contributed by atoms with E-state index in [4.69, 9.17) is 0 Å². The number of aryl methyl sites for hydroxylation is 2. The summed E-state index contributed by atoms with van der Waals surface area (Å²) >= 11 is 5.20. The van der Waals surface area contributed by atoms with Crippen LogP contribution in [0, 0.1) is 6.92 Å². The number of thioether (sulfide) groups is 1. The van der Waals surface area contributed by atoms with Gasteiger partial charge in [-0.25, -0.2) is 0 Å². The van der Waals surface area contributed by atoms with Crippen LogP contribution in [0.15, 0.2) is 47.1 Å². The van der Waals surface area contributed by atoms with E-state index in [0.717, 1.165) is 27.2 Å². The molecule has 1 N–H and O–H groups in total. The molecule has 3 heterocycles. The molecule has 2 aromatic heterocycles. The number of amides is 1. The van der Waals surface area contributed by atoms with Gasteiger partial charge in [-0.2, -0.15) is 5.10 Å².